The summed E-state index contributed by atoms with van der Waals surface area (Å²) in [6.07, 6.45) is 14.8. The van der Waals surface area contributed by atoms with E-state index in [9.17, 15) is 19.8 Å². The van der Waals surface area contributed by atoms with Crippen LogP contribution in [0.15, 0.2) is 195 Å². The van der Waals surface area contributed by atoms with E-state index in [2.05, 4.69) is 108 Å². The standard InChI is InChI=1S/2C26H28N6.C4H2O4.2C2H3N.2ClHO4.2Mn/c2*1-5-13-27-23(9-1)19-31(20-24-10-2-6-14-28-24)17-18-32(21-25-11-3-7-15-29-25)22-26-12-4-8-16-30-26;5-3(6)1-2-4(7)8;2*1-2-3;2*2-1(3,4)5;;/h2*1-16H,17-22H2;(H,5,6)(H,7,8);2*1H3;2*(H,2,3,4,5);;/q;;;;;;;2*+2/p-4. The summed E-state index contributed by atoms with van der Waals surface area (Å²) in [5, 5.41) is 33.3. The Labute approximate surface area is 547 Å². The van der Waals surface area contributed by atoms with Crippen LogP contribution in [0, 0.1) is 55.0 Å². The molecular formula is C60H62Cl2Mn2N14O12. The van der Waals surface area contributed by atoms with E-state index in [0.29, 0.717) is 0 Å². The topological polar surface area (TPSA) is 428 Å². The molecule has 8 aromatic rings. The minimum absolute atomic E-state index is 0. The second kappa shape index (κ2) is 49.7. The van der Waals surface area contributed by atoms with Crippen molar-refractivity contribution >= 4 is 11.9 Å². The zero-order valence-electron chi connectivity index (χ0n) is 48.6. The van der Waals surface area contributed by atoms with Gasteiger partial charge in [-0.25, -0.2) is 37.3 Å². The maximum Gasteiger partial charge on any atom is 2.00 e. The Hall–Kier alpha value is -8.18. The molecule has 0 aliphatic heterocycles. The number of carboxylic acid groups (broad SMARTS) is 2. The molecule has 8 heterocycles. The summed E-state index contributed by atoms with van der Waals surface area (Å²) in [5.74, 6) is -0.978. The van der Waals surface area contributed by atoms with Crippen LogP contribution < -0.4 is 47.5 Å². The van der Waals surface area contributed by atoms with Gasteiger partial charge >= 0.3 is 34.1 Å². The molecule has 0 spiro atoms. The molecule has 0 fully saturated rings. The number of hydrogen-bond acceptors (Lipinski definition) is 26. The van der Waals surface area contributed by atoms with Crippen LogP contribution in [0.1, 0.15) is 59.4 Å². The second-order valence-electron chi connectivity index (χ2n) is 17.4. The molecule has 0 amide bonds. The van der Waals surface area contributed by atoms with Gasteiger partial charge < -0.3 is 19.8 Å². The molecule has 0 aromatic carbocycles. The van der Waals surface area contributed by atoms with Crippen molar-refractivity contribution in [1.82, 2.24) is 59.5 Å². The molecule has 8 aromatic heterocycles. The molecule has 0 saturated heterocycles. The molecule has 472 valence electrons. The summed E-state index contributed by atoms with van der Waals surface area (Å²) in [5.41, 5.74) is 8.48. The van der Waals surface area contributed by atoms with Crippen LogP contribution >= 0.6 is 0 Å². The van der Waals surface area contributed by atoms with Gasteiger partial charge in [0.2, 0.25) is 0 Å². The van der Waals surface area contributed by atoms with Crippen LogP contribution in [0.4, 0.5) is 0 Å². The summed E-state index contributed by atoms with van der Waals surface area (Å²) in [4.78, 5) is 64.5. The van der Waals surface area contributed by atoms with E-state index in [1.54, 1.807) is 12.1 Å². The first-order valence-corrected chi connectivity index (χ1v) is 28.5. The molecule has 0 bridgehead atoms. The average Bonchev–Trinajstić information content (AvgIpc) is 3.57. The minimum atomic E-state index is -4.94. The number of carboxylic acids is 2. The average molecular weight is 1350 g/mol. The Bertz CT molecular complexity index is 2680. The molecule has 0 unspecified atom stereocenters. The molecule has 0 aliphatic carbocycles. The number of hydrogen-bond donors (Lipinski definition) is 0. The third kappa shape index (κ3) is 46.9. The van der Waals surface area contributed by atoms with Crippen LogP contribution in [0.2, 0.25) is 0 Å². The molecular weight excluding hydrogens is 1290 g/mol. The number of rotatable bonds is 22. The van der Waals surface area contributed by atoms with E-state index in [4.69, 9.17) is 47.8 Å². The van der Waals surface area contributed by atoms with Gasteiger partial charge in [0.05, 0.1) is 57.7 Å². The van der Waals surface area contributed by atoms with Gasteiger partial charge in [-0.05, 0) is 109 Å². The summed E-state index contributed by atoms with van der Waals surface area (Å²) in [7, 11) is -9.89. The number of nitrogens with zero attached hydrogens (tertiary/aromatic N) is 14. The third-order valence-corrected chi connectivity index (χ3v) is 10.6. The summed E-state index contributed by atoms with van der Waals surface area (Å²) >= 11 is 0. The van der Waals surface area contributed by atoms with E-state index < -0.39 is 32.4 Å². The van der Waals surface area contributed by atoms with Crippen LogP contribution in [0.3, 0.4) is 0 Å². The Balaban J connectivity index is 0.00000127. The zero-order chi connectivity index (χ0) is 64.7. The number of aromatic nitrogens is 8. The van der Waals surface area contributed by atoms with Gasteiger partial charge in [-0.15, -0.1) is 20.5 Å². The first-order chi connectivity index (χ1) is 42.2. The molecule has 90 heavy (non-hydrogen) atoms. The predicted octanol–water partition coefficient (Wildman–Crippen LogP) is -4.03. The summed E-state index contributed by atoms with van der Waals surface area (Å²) in [6, 6.07) is 52.0. The molecule has 0 aliphatic rings. The fourth-order valence-electron chi connectivity index (χ4n) is 7.29. The van der Waals surface area contributed by atoms with E-state index in [1.165, 1.54) is 25.7 Å². The normalized spacial score (nSPS) is 10.0. The number of aliphatic carboxylic acids is 2. The molecule has 0 N–H and O–H groups in total. The number of carbonyl (C=O) groups is 2. The SMILES string of the molecule is CC#N.CC#N.O=C([O-])C#CC(=O)[O-].[Mn+2].[Mn+2].[O-][Cl+3]([O-])([O-])[O-].[O-][Cl+3]([O-])([O-])[O-].c1ccc(CN(CCN(Cc2ccccn2)Cc2ccccn2)Cc2ccccn2)nc1.c1ccc(CN(CCN(Cc2ccccn2)Cc2ccccn2)Cc2ccccn2)nc1. The van der Waals surface area contributed by atoms with Crippen molar-refractivity contribution in [3.63, 3.8) is 0 Å². The van der Waals surface area contributed by atoms with Gasteiger partial charge in [-0.1, -0.05) is 48.5 Å². The van der Waals surface area contributed by atoms with Gasteiger partial charge in [0.15, 0.2) is 0 Å². The molecule has 0 saturated carbocycles. The number of halogens is 2. The van der Waals surface area contributed by atoms with Crippen LogP contribution in [0.25, 0.3) is 0 Å². The predicted molar refractivity (Wildman–Crippen MR) is 291 cm³/mol. The molecule has 8 rings (SSSR count). The zero-order valence-corrected chi connectivity index (χ0v) is 52.5. The van der Waals surface area contributed by atoms with Crippen molar-refractivity contribution in [1.29, 1.82) is 10.5 Å². The van der Waals surface area contributed by atoms with Gasteiger partial charge in [0, 0.05) is 142 Å². The summed E-state index contributed by atoms with van der Waals surface area (Å²) < 4.78 is 67.9. The van der Waals surface area contributed by atoms with Crippen molar-refractivity contribution in [3.05, 3.63) is 241 Å². The quantitative estimate of drug-likeness (QED) is 0.0461. The van der Waals surface area contributed by atoms with Crippen molar-refractivity contribution < 1.29 is 112 Å². The minimum Gasteiger partial charge on any atom is -0.537 e. The first kappa shape index (κ1) is 81.8. The smallest absolute Gasteiger partial charge is 0.537 e. The van der Waals surface area contributed by atoms with Crippen molar-refractivity contribution in [2.45, 2.75) is 66.2 Å². The van der Waals surface area contributed by atoms with E-state index in [-0.39, 0.29) is 34.1 Å². The van der Waals surface area contributed by atoms with Gasteiger partial charge in [-0.3, -0.25) is 59.5 Å². The number of pyridine rings is 8. The first-order valence-electron chi connectivity index (χ1n) is 26.0. The number of carbonyl (C=O) groups excluding carboxylic acids is 2. The van der Waals surface area contributed by atoms with Crippen LogP contribution in [0.5, 0.6) is 0 Å². The van der Waals surface area contributed by atoms with Crippen molar-refractivity contribution in [2.24, 2.45) is 0 Å². The van der Waals surface area contributed by atoms with Crippen LogP contribution in [-0.4, -0.2) is 97.6 Å². The fraction of sp³-hybridized carbons (Fsp3) is 0.233. The van der Waals surface area contributed by atoms with Gasteiger partial charge in [0.25, 0.3) is 0 Å². The Morgan fingerprint density at radius 2 is 0.456 bits per heavy atom. The third-order valence-electron chi connectivity index (χ3n) is 10.6. The van der Waals surface area contributed by atoms with Gasteiger partial charge in [0.1, 0.15) is 11.9 Å². The van der Waals surface area contributed by atoms with Crippen LogP contribution in [-0.2, 0) is 96.1 Å². The Morgan fingerprint density at radius 3 is 0.544 bits per heavy atom. The largest absolute Gasteiger partial charge is 2.00 e. The molecule has 0 atom stereocenters. The van der Waals surface area contributed by atoms with Crippen molar-refractivity contribution in [3.8, 4) is 24.0 Å². The number of nitriles is 2. The second-order valence-corrected chi connectivity index (χ2v) is 19.0. The Kier molecular flexibility index (Phi) is 45.2. The fourth-order valence-corrected chi connectivity index (χ4v) is 7.29. The van der Waals surface area contributed by atoms with E-state index in [0.717, 1.165) is 124 Å². The monoisotopic (exact) mass is 1350 g/mol. The van der Waals surface area contributed by atoms with E-state index in [1.807, 2.05) is 147 Å². The maximum absolute atomic E-state index is 9.33. The molecule has 2 radical (unpaired) electrons. The van der Waals surface area contributed by atoms with Crippen molar-refractivity contribution in [2.75, 3.05) is 26.2 Å². The Morgan fingerprint density at radius 1 is 0.333 bits per heavy atom. The van der Waals surface area contributed by atoms with E-state index >= 15 is 0 Å². The molecule has 30 heteroatoms. The maximum atomic E-state index is 9.33. The summed E-state index contributed by atoms with van der Waals surface area (Å²) in [6.45, 7) is 12.6. The molecule has 26 nitrogen and oxygen atoms in total. The van der Waals surface area contributed by atoms with Gasteiger partial charge in [-0.2, -0.15) is 10.5 Å².